The molecule has 0 bridgehead atoms. The first-order valence-corrected chi connectivity index (χ1v) is 7.20. The second-order valence-electron chi connectivity index (χ2n) is 5.00. The minimum absolute atomic E-state index is 0.255. The smallest absolute Gasteiger partial charge is 0.326 e. The summed E-state index contributed by atoms with van der Waals surface area (Å²) in [4.78, 5) is 19.8. The van der Waals surface area contributed by atoms with E-state index in [-0.39, 0.29) is 6.03 Å². The lowest BCUT2D eigenvalue weighted by Gasteiger charge is -2.05. The Bertz CT molecular complexity index is 784. The Morgan fingerprint density at radius 1 is 1.13 bits per heavy atom. The molecule has 1 aromatic carbocycles. The molecule has 2 heterocycles. The quantitative estimate of drug-likeness (QED) is 0.754. The lowest BCUT2D eigenvalue weighted by molar-refractivity contribution is 0.242. The third kappa shape index (κ3) is 3.79. The predicted molar refractivity (Wildman–Crippen MR) is 84.4 cm³/mol. The summed E-state index contributed by atoms with van der Waals surface area (Å²) in [5.41, 5.74) is 2.38. The first-order chi connectivity index (χ1) is 11.2. The van der Waals surface area contributed by atoms with Crippen LogP contribution in [0.5, 0.6) is 0 Å². The van der Waals surface area contributed by atoms with E-state index < -0.39 is 5.95 Å². The highest BCUT2D eigenvalue weighted by Gasteiger charge is 2.08. The van der Waals surface area contributed by atoms with Crippen LogP contribution in [0, 0.1) is 5.95 Å². The van der Waals surface area contributed by atoms with E-state index in [2.05, 4.69) is 15.3 Å². The molecule has 0 aliphatic rings. The summed E-state index contributed by atoms with van der Waals surface area (Å²) in [7, 11) is 0. The van der Waals surface area contributed by atoms with Crippen molar-refractivity contribution >= 4 is 6.03 Å². The van der Waals surface area contributed by atoms with Gasteiger partial charge in [-0.1, -0.05) is 30.3 Å². The number of amides is 1. The van der Waals surface area contributed by atoms with Gasteiger partial charge < -0.3 is 5.32 Å². The van der Waals surface area contributed by atoms with E-state index in [1.54, 1.807) is 12.3 Å². The third-order valence-corrected chi connectivity index (χ3v) is 3.37. The van der Waals surface area contributed by atoms with E-state index in [4.69, 9.17) is 0 Å². The van der Waals surface area contributed by atoms with Gasteiger partial charge in [-0.25, -0.2) is 14.8 Å². The molecule has 3 rings (SSSR count). The maximum absolute atomic E-state index is 12.8. The summed E-state index contributed by atoms with van der Waals surface area (Å²) in [5.74, 6) is -0.549. The zero-order valence-corrected chi connectivity index (χ0v) is 12.3. The van der Waals surface area contributed by atoms with Crippen LogP contribution >= 0.6 is 0 Å². The lowest BCUT2D eigenvalue weighted by Crippen LogP contribution is -2.29. The van der Waals surface area contributed by atoms with Crippen LogP contribution in [-0.4, -0.2) is 27.1 Å². The average Bonchev–Trinajstić information content (AvgIpc) is 3.06. The first-order valence-electron chi connectivity index (χ1n) is 7.20. The molecular weight excluding hydrogens is 295 g/mol. The Labute approximate surface area is 132 Å². The zero-order chi connectivity index (χ0) is 16.1. The standard InChI is InChI=1S/C17H15FN4O/c18-16-7-6-14(10-20-16)15-11-22(12-21-15)17(23)19-9-8-13-4-2-1-3-5-13/h1-7,10-12H,8-9H2,(H,19,23). The van der Waals surface area contributed by atoms with E-state index in [0.29, 0.717) is 17.8 Å². The van der Waals surface area contributed by atoms with E-state index in [1.165, 1.54) is 23.2 Å². The Balaban J connectivity index is 1.59. The maximum Gasteiger partial charge on any atom is 0.326 e. The van der Waals surface area contributed by atoms with Crippen LogP contribution < -0.4 is 5.32 Å². The fourth-order valence-electron chi connectivity index (χ4n) is 2.16. The molecule has 0 aliphatic heterocycles. The number of imidazole rings is 1. The highest BCUT2D eigenvalue weighted by molar-refractivity contribution is 5.77. The number of halogens is 1. The van der Waals surface area contributed by atoms with Gasteiger partial charge >= 0.3 is 6.03 Å². The van der Waals surface area contributed by atoms with Gasteiger partial charge in [0.15, 0.2) is 0 Å². The van der Waals surface area contributed by atoms with E-state index in [1.807, 2.05) is 30.3 Å². The van der Waals surface area contributed by atoms with Gasteiger partial charge in [0.05, 0.1) is 5.69 Å². The van der Waals surface area contributed by atoms with Crippen molar-refractivity contribution in [2.75, 3.05) is 6.54 Å². The number of carbonyl (C=O) groups excluding carboxylic acids is 1. The molecule has 0 fully saturated rings. The number of rotatable bonds is 4. The van der Waals surface area contributed by atoms with Crippen molar-refractivity contribution in [3.05, 3.63) is 72.7 Å². The monoisotopic (exact) mass is 310 g/mol. The summed E-state index contributed by atoms with van der Waals surface area (Å²) >= 11 is 0. The number of nitrogens with zero attached hydrogens (tertiary/aromatic N) is 3. The van der Waals surface area contributed by atoms with E-state index >= 15 is 0 Å². The highest BCUT2D eigenvalue weighted by atomic mass is 19.1. The molecule has 23 heavy (non-hydrogen) atoms. The van der Waals surface area contributed by atoms with Gasteiger partial charge in [0.2, 0.25) is 5.95 Å². The van der Waals surface area contributed by atoms with Gasteiger partial charge in [-0.15, -0.1) is 0 Å². The van der Waals surface area contributed by atoms with Gasteiger partial charge in [-0.05, 0) is 24.1 Å². The van der Waals surface area contributed by atoms with Gasteiger partial charge in [0.25, 0.3) is 0 Å². The van der Waals surface area contributed by atoms with Crippen LogP contribution in [0.4, 0.5) is 9.18 Å². The van der Waals surface area contributed by atoms with Gasteiger partial charge in [-0.3, -0.25) is 4.57 Å². The molecule has 0 unspecified atom stereocenters. The molecule has 5 nitrogen and oxygen atoms in total. The lowest BCUT2D eigenvalue weighted by atomic mass is 10.1. The highest BCUT2D eigenvalue weighted by Crippen LogP contribution is 2.15. The van der Waals surface area contributed by atoms with Crippen LogP contribution in [0.2, 0.25) is 0 Å². The number of aromatic nitrogens is 3. The number of hydrogen-bond donors (Lipinski definition) is 1. The van der Waals surface area contributed by atoms with E-state index in [9.17, 15) is 9.18 Å². The van der Waals surface area contributed by atoms with Gasteiger partial charge in [-0.2, -0.15) is 4.39 Å². The van der Waals surface area contributed by atoms with Crippen molar-refractivity contribution in [1.82, 2.24) is 19.9 Å². The molecule has 3 aromatic rings. The Morgan fingerprint density at radius 2 is 1.96 bits per heavy atom. The summed E-state index contributed by atoms with van der Waals surface area (Å²) in [6.07, 6.45) is 5.16. The molecule has 0 saturated heterocycles. The van der Waals surface area contributed by atoms with E-state index in [0.717, 1.165) is 12.0 Å². The predicted octanol–water partition coefficient (Wildman–Crippen LogP) is 2.88. The van der Waals surface area contributed by atoms with Crippen molar-refractivity contribution in [2.24, 2.45) is 0 Å². The number of pyridine rings is 1. The molecule has 0 aliphatic carbocycles. The minimum atomic E-state index is -0.549. The zero-order valence-electron chi connectivity index (χ0n) is 12.3. The largest absolute Gasteiger partial charge is 0.337 e. The molecule has 0 atom stereocenters. The van der Waals surface area contributed by atoms with Crippen LogP contribution in [0.1, 0.15) is 5.56 Å². The number of benzene rings is 1. The van der Waals surface area contributed by atoms with Crippen molar-refractivity contribution in [1.29, 1.82) is 0 Å². The molecule has 2 aromatic heterocycles. The second kappa shape index (κ2) is 6.83. The van der Waals surface area contributed by atoms with Crippen LogP contribution in [0.15, 0.2) is 61.2 Å². The molecule has 0 saturated carbocycles. The molecule has 0 radical (unpaired) electrons. The number of hydrogen-bond acceptors (Lipinski definition) is 3. The van der Waals surface area contributed by atoms with Crippen molar-refractivity contribution in [3.63, 3.8) is 0 Å². The molecular formula is C17H15FN4O. The van der Waals surface area contributed by atoms with Crippen molar-refractivity contribution in [2.45, 2.75) is 6.42 Å². The van der Waals surface area contributed by atoms with Crippen molar-refractivity contribution in [3.8, 4) is 11.3 Å². The minimum Gasteiger partial charge on any atom is -0.337 e. The average molecular weight is 310 g/mol. The van der Waals surface area contributed by atoms with Crippen molar-refractivity contribution < 1.29 is 9.18 Å². The van der Waals surface area contributed by atoms with Crippen LogP contribution in [0.3, 0.4) is 0 Å². The molecule has 1 amide bonds. The molecule has 116 valence electrons. The van der Waals surface area contributed by atoms with Gasteiger partial charge in [0, 0.05) is 24.5 Å². The summed E-state index contributed by atoms with van der Waals surface area (Å²) < 4.78 is 14.2. The van der Waals surface area contributed by atoms with Gasteiger partial charge in [0.1, 0.15) is 6.33 Å². The van der Waals surface area contributed by atoms with Crippen LogP contribution in [-0.2, 0) is 6.42 Å². The summed E-state index contributed by atoms with van der Waals surface area (Å²) in [6.45, 7) is 0.536. The normalized spacial score (nSPS) is 10.5. The molecule has 0 spiro atoms. The Hall–Kier alpha value is -3.02. The molecule has 6 heteroatoms. The molecule has 1 N–H and O–H groups in total. The topological polar surface area (TPSA) is 59.8 Å². The third-order valence-electron chi connectivity index (χ3n) is 3.37. The Kier molecular flexibility index (Phi) is 4.42. The fourth-order valence-corrected chi connectivity index (χ4v) is 2.16. The first kappa shape index (κ1) is 14.9. The van der Waals surface area contributed by atoms with Crippen LogP contribution in [0.25, 0.3) is 11.3 Å². The summed E-state index contributed by atoms with van der Waals surface area (Å²) in [5, 5.41) is 2.83. The SMILES string of the molecule is O=C(NCCc1ccccc1)n1cnc(-c2ccc(F)nc2)c1. The second-order valence-corrected chi connectivity index (χ2v) is 5.00. The fraction of sp³-hybridized carbons (Fsp3) is 0.118. The summed E-state index contributed by atoms with van der Waals surface area (Å²) in [6, 6.07) is 12.5. The Morgan fingerprint density at radius 3 is 2.70 bits per heavy atom. The number of carbonyl (C=O) groups is 1. The maximum atomic E-state index is 12.8. The number of nitrogens with one attached hydrogen (secondary N) is 1.